The maximum atomic E-state index is 3.54. The normalized spacial score (nSPS) is 28.2. The van der Waals surface area contributed by atoms with Gasteiger partial charge in [0.15, 0.2) is 0 Å². The molecular weight excluding hydrogens is 146 g/mol. The van der Waals surface area contributed by atoms with Gasteiger partial charge in [0, 0.05) is 6.04 Å². The highest BCUT2D eigenvalue weighted by Gasteiger charge is 2.33. The Bertz CT molecular complexity index is 138. The summed E-state index contributed by atoms with van der Waals surface area (Å²) >= 11 is 0. The van der Waals surface area contributed by atoms with Crippen LogP contribution in [0.1, 0.15) is 47.0 Å². The molecule has 1 rings (SSSR count). The molecular formula is C11H23N. The van der Waals surface area contributed by atoms with Crippen molar-refractivity contribution in [2.45, 2.75) is 53.0 Å². The minimum atomic E-state index is 0.585. The second-order valence-corrected chi connectivity index (χ2v) is 5.14. The lowest BCUT2D eigenvalue weighted by Crippen LogP contribution is -2.33. The Morgan fingerprint density at radius 1 is 1.42 bits per heavy atom. The quantitative estimate of drug-likeness (QED) is 0.685. The second-order valence-electron chi connectivity index (χ2n) is 5.14. The van der Waals surface area contributed by atoms with Gasteiger partial charge in [-0.05, 0) is 30.7 Å². The Morgan fingerprint density at radius 3 is 2.50 bits per heavy atom. The molecule has 0 saturated heterocycles. The van der Waals surface area contributed by atoms with E-state index in [4.69, 9.17) is 0 Å². The summed E-state index contributed by atoms with van der Waals surface area (Å²) in [4.78, 5) is 0. The van der Waals surface area contributed by atoms with Crippen LogP contribution in [0.4, 0.5) is 0 Å². The standard InChI is InChI=1S/C11H23N/c1-9(2)12-8-10-6-5-7-11(10,3)4/h9-10,12H,5-8H2,1-4H3. The summed E-state index contributed by atoms with van der Waals surface area (Å²) in [6.07, 6.45) is 4.27. The molecule has 0 aromatic heterocycles. The lowest BCUT2D eigenvalue weighted by atomic mass is 9.82. The lowest BCUT2D eigenvalue weighted by molar-refractivity contribution is 0.247. The largest absolute Gasteiger partial charge is 0.314 e. The summed E-state index contributed by atoms with van der Waals surface area (Å²) in [5, 5.41) is 3.54. The molecule has 0 spiro atoms. The van der Waals surface area contributed by atoms with Crippen molar-refractivity contribution in [1.29, 1.82) is 0 Å². The van der Waals surface area contributed by atoms with Gasteiger partial charge >= 0.3 is 0 Å². The van der Waals surface area contributed by atoms with Crippen LogP contribution in [0.15, 0.2) is 0 Å². The molecule has 0 aromatic rings. The average molecular weight is 169 g/mol. The fourth-order valence-electron chi connectivity index (χ4n) is 2.16. The molecule has 0 bridgehead atoms. The summed E-state index contributed by atoms with van der Waals surface area (Å²) < 4.78 is 0. The van der Waals surface area contributed by atoms with E-state index in [1.807, 2.05) is 0 Å². The van der Waals surface area contributed by atoms with Crippen molar-refractivity contribution in [2.75, 3.05) is 6.54 Å². The Morgan fingerprint density at radius 2 is 2.08 bits per heavy atom. The van der Waals surface area contributed by atoms with E-state index in [0.29, 0.717) is 11.5 Å². The minimum Gasteiger partial charge on any atom is -0.314 e. The second kappa shape index (κ2) is 3.78. The number of nitrogens with one attached hydrogen (secondary N) is 1. The molecule has 1 unspecified atom stereocenters. The Kier molecular flexibility index (Phi) is 3.16. The molecule has 1 atom stereocenters. The smallest absolute Gasteiger partial charge is 0.00104 e. The van der Waals surface area contributed by atoms with Crippen molar-refractivity contribution in [2.24, 2.45) is 11.3 Å². The summed E-state index contributed by atoms with van der Waals surface area (Å²) in [6.45, 7) is 10.5. The van der Waals surface area contributed by atoms with Crippen molar-refractivity contribution in [3.63, 3.8) is 0 Å². The fourth-order valence-corrected chi connectivity index (χ4v) is 2.16. The van der Waals surface area contributed by atoms with Crippen molar-refractivity contribution in [1.82, 2.24) is 5.32 Å². The van der Waals surface area contributed by atoms with Gasteiger partial charge in [-0.3, -0.25) is 0 Å². The molecule has 72 valence electrons. The summed E-state index contributed by atoms with van der Waals surface area (Å²) in [5.41, 5.74) is 0.585. The van der Waals surface area contributed by atoms with Gasteiger partial charge < -0.3 is 5.32 Å². The van der Waals surface area contributed by atoms with Crippen LogP contribution in [0.2, 0.25) is 0 Å². The highest BCUT2D eigenvalue weighted by Crippen LogP contribution is 2.41. The van der Waals surface area contributed by atoms with E-state index in [0.717, 1.165) is 5.92 Å². The van der Waals surface area contributed by atoms with Crippen LogP contribution in [-0.2, 0) is 0 Å². The molecule has 0 aliphatic heterocycles. The zero-order valence-electron chi connectivity index (χ0n) is 8.98. The number of rotatable bonds is 3. The first kappa shape index (κ1) is 10.0. The van der Waals surface area contributed by atoms with Crippen molar-refractivity contribution in [3.05, 3.63) is 0 Å². The van der Waals surface area contributed by atoms with Crippen LogP contribution < -0.4 is 5.32 Å². The first-order valence-corrected chi connectivity index (χ1v) is 5.26. The molecule has 0 radical (unpaired) electrons. The third-order valence-corrected chi connectivity index (χ3v) is 3.25. The van der Waals surface area contributed by atoms with Crippen LogP contribution in [0.25, 0.3) is 0 Å². The highest BCUT2D eigenvalue weighted by molar-refractivity contribution is 4.86. The van der Waals surface area contributed by atoms with E-state index in [9.17, 15) is 0 Å². The van der Waals surface area contributed by atoms with E-state index >= 15 is 0 Å². The van der Waals surface area contributed by atoms with Crippen LogP contribution in [-0.4, -0.2) is 12.6 Å². The summed E-state index contributed by atoms with van der Waals surface area (Å²) in [5.74, 6) is 0.903. The van der Waals surface area contributed by atoms with Gasteiger partial charge in [0.2, 0.25) is 0 Å². The van der Waals surface area contributed by atoms with Gasteiger partial charge in [0.05, 0.1) is 0 Å². The average Bonchev–Trinajstić information content (AvgIpc) is 2.25. The summed E-state index contributed by atoms with van der Waals surface area (Å²) in [7, 11) is 0. The molecule has 0 amide bonds. The third kappa shape index (κ3) is 2.48. The van der Waals surface area contributed by atoms with Gasteiger partial charge in [0.25, 0.3) is 0 Å². The van der Waals surface area contributed by atoms with Gasteiger partial charge in [0.1, 0.15) is 0 Å². The molecule has 0 aromatic carbocycles. The Labute approximate surface area is 76.9 Å². The molecule has 12 heavy (non-hydrogen) atoms. The van der Waals surface area contributed by atoms with Gasteiger partial charge in [-0.1, -0.05) is 34.1 Å². The fraction of sp³-hybridized carbons (Fsp3) is 1.00. The molecule has 1 saturated carbocycles. The van der Waals surface area contributed by atoms with Gasteiger partial charge in [-0.25, -0.2) is 0 Å². The third-order valence-electron chi connectivity index (χ3n) is 3.25. The SMILES string of the molecule is CC(C)NCC1CCCC1(C)C. The first-order chi connectivity index (χ1) is 5.52. The number of hydrogen-bond acceptors (Lipinski definition) is 1. The monoisotopic (exact) mass is 169 g/mol. The zero-order chi connectivity index (χ0) is 9.19. The molecule has 1 nitrogen and oxygen atoms in total. The predicted octanol–water partition coefficient (Wildman–Crippen LogP) is 2.81. The Balaban J connectivity index is 2.32. The van der Waals surface area contributed by atoms with E-state index < -0.39 is 0 Å². The topological polar surface area (TPSA) is 12.0 Å². The molecule has 1 aliphatic carbocycles. The molecule has 1 N–H and O–H groups in total. The van der Waals surface area contributed by atoms with Gasteiger partial charge in [-0.15, -0.1) is 0 Å². The van der Waals surface area contributed by atoms with Crippen LogP contribution in [0, 0.1) is 11.3 Å². The Hall–Kier alpha value is -0.0400. The molecule has 1 fully saturated rings. The maximum absolute atomic E-state index is 3.54. The van der Waals surface area contributed by atoms with Crippen LogP contribution in [0.3, 0.4) is 0 Å². The predicted molar refractivity (Wildman–Crippen MR) is 54.3 cm³/mol. The first-order valence-electron chi connectivity index (χ1n) is 5.26. The van der Waals surface area contributed by atoms with Crippen LogP contribution >= 0.6 is 0 Å². The lowest BCUT2D eigenvalue weighted by Gasteiger charge is -2.27. The highest BCUT2D eigenvalue weighted by atomic mass is 14.9. The maximum Gasteiger partial charge on any atom is 0.00104 e. The van der Waals surface area contributed by atoms with Crippen LogP contribution in [0.5, 0.6) is 0 Å². The van der Waals surface area contributed by atoms with E-state index in [1.54, 1.807) is 0 Å². The van der Waals surface area contributed by atoms with E-state index in [2.05, 4.69) is 33.0 Å². The molecule has 1 heteroatoms. The van der Waals surface area contributed by atoms with E-state index in [-0.39, 0.29) is 0 Å². The number of hydrogen-bond donors (Lipinski definition) is 1. The molecule has 1 aliphatic rings. The van der Waals surface area contributed by atoms with E-state index in [1.165, 1.54) is 25.8 Å². The summed E-state index contributed by atoms with van der Waals surface area (Å²) in [6, 6.07) is 0.640. The van der Waals surface area contributed by atoms with Crippen molar-refractivity contribution < 1.29 is 0 Å². The van der Waals surface area contributed by atoms with Crippen molar-refractivity contribution in [3.8, 4) is 0 Å². The zero-order valence-corrected chi connectivity index (χ0v) is 8.98. The molecule has 0 heterocycles. The van der Waals surface area contributed by atoms with Crippen molar-refractivity contribution >= 4 is 0 Å². The minimum absolute atomic E-state index is 0.585. The van der Waals surface area contributed by atoms with Gasteiger partial charge in [-0.2, -0.15) is 0 Å².